The summed E-state index contributed by atoms with van der Waals surface area (Å²) in [6.45, 7) is 5.08. The third kappa shape index (κ3) is 5.20. The number of nitrogens with two attached hydrogens (primary N) is 1. The van der Waals surface area contributed by atoms with Crippen LogP contribution in [0, 0.1) is 5.41 Å². The number of amides is 1. The van der Waals surface area contributed by atoms with Gasteiger partial charge in [-0.2, -0.15) is 13.2 Å². The summed E-state index contributed by atoms with van der Waals surface area (Å²) < 4.78 is 60.5. The van der Waals surface area contributed by atoms with E-state index >= 15 is 0 Å². The van der Waals surface area contributed by atoms with Crippen molar-refractivity contribution in [2.24, 2.45) is 11.1 Å². The molecule has 1 unspecified atom stereocenters. The first-order valence-corrected chi connectivity index (χ1v) is 9.87. The van der Waals surface area contributed by atoms with Gasteiger partial charge in [0.05, 0.1) is 11.3 Å². The van der Waals surface area contributed by atoms with Crippen LogP contribution in [0.3, 0.4) is 0 Å². The minimum absolute atomic E-state index is 0.0182. The number of hydrogen-bond donors (Lipinski definition) is 1. The van der Waals surface area contributed by atoms with E-state index in [9.17, 15) is 26.4 Å². The van der Waals surface area contributed by atoms with Gasteiger partial charge in [0.15, 0.2) is 15.6 Å². The van der Waals surface area contributed by atoms with Crippen LogP contribution in [-0.2, 0) is 21.1 Å². The van der Waals surface area contributed by atoms with Crippen LogP contribution < -0.4 is 5.73 Å². The molecule has 1 aliphatic rings. The van der Waals surface area contributed by atoms with Gasteiger partial charge in [-0.3, -0.25) is 4.79 Å². The lowest BCUT2D eigenvalue weighted by atomic mass is 9.79. The van der Waals surface area contributed by atoms with E-state index in [-0.39, 0.29) is 23.8 Å². The summed E-state index contributed by atoms with van der Waals surface area (Å²) in [5, 5.41) is 0. The van der Waals surface area contributed by atoms with Gasteiger partial charge in [-0.15, -0.1) is 0 Å². The molecule has 146 valence electrons. The maximum Gasteiger partial charge on any atom is 0.403 e. The first kappa shape index (κ1) is 20.7. The summed E-state index contributed by atoms with van der Waals surface area (Å²) in [6, 6.07) is 4.99. The number of rotatable bonds is 4. The number of nitrogens with zero attached hydrogens (tertiary/aromatic N) is 1. The molecule has 26 heavy (non-hydrogen) atoms. The van der Waals surface area contributed by atoms with Crippen molar-refractivity contribution in [1.82, 2.24) is 4.90 Å². The molecule has 1 atom stereocenters. The molecule has 0 aliphatic carbocycles. The average Bonchev–Trinajstić information content (AvgIpc) is 2.48. The molecule has 0 bridgehead atoms. The van der Waals surface area contributed by atoms with Crippen LogP contribution >= 0.6 is 0 Å². The molecule has 2 rings (SSSR count). The van der Waals surface area contributed by atoms with Crippen LogP contribution in [0.1, 0.15) is 25.8 Å². The maximum atomic E-state index is 12.4. The number of sulfone groups is 1. The number of halogens is 3. The zero-order valence-electron chi connectivity index (χ0n) is 14.7. The Morgan fingerprint density at radius 3 is 2.35 bits per heavy atom. The highest BCUT2D eigenvalue weighted by atomic mass is 32.2. The summed E-state index contributed by atoms with van der Waals surface area (Å²) in [7, 11) is -4.44. The first-order valence-electron chi connectivity index (χ1n) is 8.22. The second-order valence-electron chi connectivity index (χ2n) is 7.39. The van der Waals surface area contributed by atoms with Gasteiger partial charge in [-0.05, 0) is 29.5 Å². The maximum absolute atomic E-state index is 12.4. The molecule has 0 aromatic heterocycles. The molecule has 1 fully saturated rings. The van der Waals surface area contributed by atoms with Gasteiger partial charge >= 0.3 is 6.18 Å². The van der Waals surface area contributed by atoms with Crippen LogP contribution in [-0.4, -0.2) is 50.3 Å². The van der Waals surface area contributed by atoms with Gasteiger partial charge in [0.25, 0.3) is 0 Å². The molecule has 1 saturated heterocycles. The van der Waals surface area contributed by atoms with Gasteiger partial charge in [0, 0.05) is 19.1 Å². The molecule has 1 amide bonds. The summed E-state index contributed by atoms with van der Waals surface area (Å²) in [5.41, 5.74) is 6.41. The Morgan fingerprint density at radius 1 is 1.27 bits per heavy atom. The zero-order valence-corrected chi connectivity index (χ0v) is 15.5. The lowest BCUT2D eigenvalue weighted by Gasteiger charge is -2.42. The number of benzene rings is 1. The highest BCUT2D eigenvalue weighted by molar-refractivity contribution is 7.91. The SMILES string of the molecule is CC1(C)CN(C(=O)Cc2ccc(S(=O)(=O)CC(F)(F)F)cc2)CCC1N. The monoisotopic (exact) mass is 392 g/mol. The van der Waals surface area contributed by atoms with Crippen LogP contribution in [0.4, 0.5) is 13.2 Å². The van der Waals surface area contributed by atoms with Crippen LogP contribution in [0.5, 0.6) is 0 Å². The van der Waals surface area contributed by atoms with Crippen molar-refractivity contribution in [1.29, 1.82) is 0 Å². The second-order valence-corrected chi connectivity index (χ2v) is 9.38. The van der Waals surface area contributed by atoms with Crippen molar-refractivity contribution in [3.63, 3.8) is 0 Å². The first-order chi connectivity index (χ1) is 11.8. The van der Waals surface area contributed by atoms with Crippen LogP contribution in [0.25, 0.3) is 0 Å². The minimum atomic E-state index is -4.80. The van der Waals surface area contributed by atoms with Gasteiger partial charge in [0.2, 0.25) is 5.91 Å². The molecule has 5 nitrogen and oxygen atoms in total. The van der Waals surface area contributed by atoms with E-state index in [1.165, 1.54) is 12.1 Å². The smallest absolute Gasteiger partial charge is 0.342 e. The zero-order chi connectivity index (χ0) is 19.8. The minimum Gasteiger partial charge on any atom is -0.342 e. The summed E-state index contributed by atoms with van der Waals surface area (Å²) in [4.78, 5) is 13.8. The molecule has 1 aromatic rings. The Kier molecular flexibility index (Phi) is 5.72. The Morgan fingerprint density at radius 2 is 1.85 bits per heavy atom. The van der Waals surface area contributed by atoms with Crippen molar-refractivity contribution in [3.8, 4) is 0 Å². The number of alkyl halides is 3. The Hall–Kier alpha value is -1.61. The molecule has 9 heteroatoms. The number of hydrogen-bond acceptors (Lipinski definition) is 4. The van der Waals surface area contributed by atoms with Crippen molar-refractivity contribution in [2.45, 2.75) is 43.8 Å². The van der Waals surface area contributed by atoms with E-state index in [1.54, 1.807) is 4.90 Å². The molecular weight excluding hydrogens is 369 g/mol. The van der Waals surface area contributed by atoms with Crippen molar-refractivity contribution >= 4 is 15.7 Å². The number of carbonyl (C=O) groups excluding carboxylic acids is 1. The van der Waals surface area contributed by atoms with E-state index < -0.39 is 26.7 Å². The Bertz CT molecular complexity index is 758. The molecule has 0 saturated carbocycles. The molecule has 2 N–H and O–H groups in total. The van der Waals surface area contributed by atoms with Crippen molar-refractivity contribution in [3.05, 3.63) is 29.8 Å². The molecule has 1 heterocycles. The summed E-state index contributed by atoms with van der Waals surface area (Å²) >= 11 is 0. The third-order valence-corrected chi connectivity index (χ3v) is 6.35. The molecular formula is C17H23F3N2O3S. The van der Waals surface area contributed by atoms with Crippen molar-refractivity contribution in [2.75, 3.05) is 18.8 Å². The van der Waals surface area contributed by atoms with E-state index in [2.05, 4.69) is 0 Å². The number of piperidine rings is 1. The molecule has 1 aromatic carbocycles. The molecule has 1 aliphatic heterocycles. The van der Waals surface area contributed by atoms with E-state index in [0.29, 0.717) is 25.1 Å². The van der Waals surface area contributed by atoms with Gasteiger partial charge in [-0.1, -0.05) is 26.0 Å². The van der Waals surface area contributed by atoms with E-state index in [0.717, 1.165) is 12.1 Å². The fourth-order valence-electron chi connectivity index (χ4n) is 2.99. The topological polar surface area (TPSA) is 80.5 Å². The molecule has 0 radical (unpaired) electrons. The fraction of sp³-hybridized carbons (Fsp3) is 0.588. The normalized spacial score (nSPS) is 20.8. The van der Waals surface area contributed by atoms with Crippen LogP contribution in [0.15, 0.2) is 29.2 Å². The van der Waals surface area contributed by atoms with Crippen molar-refractivity contribution < 1.29 is 26.4 Å². The summed E-state index contributed by atoms with van der Waals surface area (Å²) in [6.07, 6.45) is -4.03. The average molecular weight is 392 g/mol. The highest BCUT2D eigenvalue weighted by Gasteiger charge is 2.36. The molecule has 0 spiro atoms. The number of carbonyl (C=O) groups is 1. The standard InChI is InChI=1S/C17H23F3N2O3S/c1-16(2)10-22(8-7-14(16)21)15(23)9-12-3-5-13(6-4-12)26(24,25)11-17(18,19)20/h3-6,14H,7-11,21H2,1-2H3. The quantitative estimate of drug-likeness (QED) is 0.852. The van der Waals surface area contributed by atoms with E-state index in [1.807, 2.05) is 13.8 Å². The summed E-state index contributed by atoms with van der Waals surface area (Å²) in [5.74, 6) is -2.02. The predicted molar refractivity (Wildman–Crippen MR) is 91.2 cm³/mol. The van der Waals surface area contributed by atoms with E-state index in [4.69, 9.17) is 5.73 Å². The van der Waals surface area contributed by atoms with Gasteiger partial charge in [-0.25, -0.2) is 8.42 Å². The third-order valence-electron chi connectivity index (χ3n) is 4.66. The largest absolute Gasteiger partial charge is 0.403 e. The number of likely N-dealkylation sites (tertiary alicyclic amines) is 1. The van der Waals surface area contributed by atoms with Gasteiger partial charge in [0.1, 0.15) is 0 Å². The second kappa shape index (κ2) is 7.19. The van der Waals surface area contributed by atoms with Gasteiger partial charge < -0.3 is 10.6 Å². The lowest BCUT2D eigenvalue weighted by Crippen LogP contribution is -2.54. The lowest BCUT2D eigenvalue weighted by molar-refractivity contribution is -0.133. The fourth-order valence-corrected chi connectivity index (χ4v) is 4.13. The Balaban J connectivity index is 2.04. The predicted octanol–water partition coefficient (Wildman–Crippen LogP) is 2.15. The Labute approximate surface area is 151 Å². The van der Waals surface area contributed by atoms with Crippen LogP contribution in [0.2, 0.25) is 0 Å². The highest BCUT2D eigenvalue weighted by Crippen LogP contribution is 2.28.